The summed E-state index contributed by atoms with van der Waals surface area (Å²) in [7, 11) is 1.60. The minimum absolute atomic E-state index is 0.195. The van der Waals surface area contributed by atoms with Gasteiger partial charge in [0.1, 0.15) is 23.6 Å². The van der Waals surface area contributed by atoms with Gasteiger partial charge in [0.25, 0.3) is 0 Å². The Kier molecular flexibility index (Phi) is 6.22. The number of para-hydroxylation sites is 1. The molecule has 0 fully saturated rings. The van der Waals surface area contributed by atoms with E-state index >= 15 is 0 Å². The SMILES string of the molecule is CCOCCOC(=O)c1cn(-c2ccccc2)nc1-c1cccc(OC)c1. The van der Waals surface area contributed by atoms with Crippen molar-refractivity contribution in [2.45, 2.75) is 6.92 Å². The Bertz CT molecular complexity index is 890. The summed E-state index contributed by atoms with van der Waals surface area (Å²) in [6.45, 7) is 3.04. The van der Waals surface area contributed by atoms with Crippen molar-refractivity contribution in [2.75, 3.05) is 26.9 Å². The molecule has 0 unspecified atom stereocenters. The van der Waals surface area contributed by atoms with Gasteiger partial charge in [-0.05, 0) is 31.2 Å². The van der Waals surface area contributed by atoms with Crippen molar-refractivity contribution in [3.8, 4) is 22.7 Å². The minimum atomic E-state index is -0.435. The monoisotopic (exact) mass is 366 g/mol. The summed E-state index contributed by atoms with van der Waals surface area (Å²) in [5.74, 6) is 0.257. The number of hydrogen-bond donors (Lipinski definition) is 0. The van der Waals surface area contributed by atoms with Crippen LogP contribution in [-0.4, -0.2) is 42.7 Å². The van der Waals surface area contributed by atoms with Crippen molar-refractivity contribution >= 4 is 5.97 Å². The molecule has 0 radical (unpaired) electrons. The molecule has 27 heavy (non-hydrogen) atoms. The molecule has 6 heteroatoms. The standard InChI is InChI=1S/C21H22N2O4/c1-3-26-12-13-27-21(24)19-15-23(17-9-5-4-6-10-17)22-20(19)16-8-7-11-18(14-16)25-2/h4-11,14-15H,3,12-13H2,1-2H3. The van der Waals surface area contributed by atoms with Crippen molar-refractivity contribution in [3.63, 3.8) is 0 Å². The average molecular weight is 366 g/mol. The molecular weight excluding hydrogens is 344 g/mol. The molecule has 0 aliphatic heterocycles. The first kappa shape index (κ1) is 18.7. The number of benzene rings is 2. The van der Waals surface area contributed by atoms with Crippen LogP contribution in [0.4, 0.5) is 0 Å². The molecule has 0 atom stereocenters. The number of esters is 1. The van der Waals surface area contributed by atoms with Crippen molar-refractivity contribution in [2.24, 2.45) is 0 Å². The van der Waals surface area contributed by atoms with E-state index in [2.05, 4.69) is 5.10 Å². The zero-order valence-electron chi connectivity index (χ0n) is 15.4. The molecule has 0 saturated heterocycles. The molecule has 0 aliphatic carbocycles. The summed E-state index contributed by atoms with van der Waals surface area (Å²) in [6, 6.07) is 17.0. The second-order valence-electron chi connectivity index (χ2n) is 5.74. The number of carbonyl (C=O) groups excluding carboxylic acids is 1. The highest BCUT2D eigenvalue weighted by Crippen LogP contribution is 2.27. The second-order valence-corrected chi connectivity index (χ2v) is 5.74. The van der Waals surface area contributed by atoms with E-state index in [1.807, 2.05) is 61.5 Å². The van der Waals surface area contributed by atoms with Crippen molar-refractivity contribution < 1.29 is 19.0 Å². The van der Waals surface area contributed by atoms with Crippen molar-refractivity contribution in [1.82, 2.24) is 9.78 Å². The number of aromatic nitrogens is 2. The van der Waals surface area contributed by atoms with E-state index in [1.165, 1.54) is 0 Å². The lowest BCUT2D eigenvalue weighted by molar-refractivity contribution is 0.0336. The van der Waals surface area contributed by atoms with Crippen LogP contribution in [0.15, 0.2) is 60.8 Å². The Morgan fingerprint density at radius 1 is 1.07 bits per heavy atom. The van der Waals surface area contributed by atoms with Crippen LogP contribution in [0.2, 0.25) is 0 Å². The number of methoxy groups -OCH3 is 1. The van der Waals surface area contributed by atoms with Gasteiger partial charge in [-0.15, -0.1) is 0 Å². The molecule has 140 valence electrons. The van der Waals surface area contributed by atoms with Gasteiger partial charge >= 0.3 is 5.97 Å². The molecule has 0 spiro atoms. The zero-order valence-corrected chi connectivity index (χ0v) is 15.4. The van der Waals surface area contributed by atoms with E-state index < -0.39 is 5.97 Å². The minimum Gasteiger partial charge on any atom is -0.497 e. The summed E-state index contributed by atoms with van der Waals surface area (Å²) in [5.41, 5.74) is 2.57. The maximum absolute atomic E-state index is 12.6. The van der Waals surface area contributed by atoms with Crippen LogP contribution in [-0.2, 0) is 9.47 Å². The zero-order chi connectivity index (χ0) is 19.1. The summed E-state index contributed by atoms with van der Waals surface area (Å²) in [5, 5.41) is 4.62. The molecule has 0 N–H and O–H groups in total. The predicted octanol–water partition coefficient (Wildman–Crippen LogP) is 3.74. The maximum Gasteiger partial charge on any atom is 0.342 e. The van der Waals surface area contributed by atoms with Gasteiger partial charge in [-0.2, -0.15) is 5.10 Å². The molecule has 0 amide bonds. The number of hydrogen-bond acceptors (Lipinski definition) is 5. The first-order valence-electron chi connectivity index (χ1n) is 8.77. The largest absolute Gasteiger partial charge is 0.497 e. The Morgan fingerprint density at radius 3 is 2.63 bits per heavy atom. The van der Waals surface area contributed by atoms with Gasteiger partial charge in [-0.1, -0.05) is 30.3 Å². The van der Waals surface area contributed by atoms with Gasteiger partial charge < -0.3 is 14.2 Å². The van der Waals surface area contributed by atoms with Crippen LogP contribution < -0.4 is 4.74 Å². The molecule has 6 nitrogen and oxygen atoms in total. The van der Waals surface area contributed by atoms with Gasteiger partial charge in [-0.25, -0.2) is 9.48 Å². The lowest BCUT2D eigenvalue weighted by Crippen LogP contribution is -2.11. The fraction of sp³-hybridized carbons (Fsp3) is 0.238. The van der Waals surface area contributed by atoms with E-state index in [4.69, 9.17) is 14.2 Å². The summed E-state index contributed by atoms with van der Waals surface area (Å²) < 4.78 is 17.5. The smallest absolute Gasteiger partial charge is 0.342 e. The Balaban J connectivity index is 1.96. The highest BCUT2D eigenvalue weighted by Gasteiger charge is 2.20. The number of nitrogens with zero attached hydrogens (tertiary/aromatic N) is 2. The molecular formula is C21H22N2O4. The van der Waals surface area contributed by atoms with Crippen LogP contribution in [0.1, 0.15) is 17.3 Å². The lowest BCUT2D eigenvalue weighted by Gasteiger charge is -2.06. The van der Waals surface area contributed by atoms with E-state index in [0.29, 0.717) is 30.2 Å². The Morgan fingerprint density at radius 2 is 1.89 bits per heavy atom. The van der Waals surface area contributed by atoms with Crippen LogP contribution in [0.5, 0.6) is 5.75 Å². The molecule has 0 aliphatic rings. The first-order chi connectivity index (χ1) is 13.2. The summed E-state index contributed by atoms with van der Waals surface area (Å²) in [4.78, 5) is 12.6. The summed E-state index contributed by atoms with van der Waals surface area (Å²) >= 11 is 0. The maximum atomic E-state index is 12.6. The van der Waals surface area contributed by atoms with Crippen LogP contribution in [0.25, 0.3) is 16.9 Å². The Hall–Kier alpha value is -3.12. The number of rotatable bonds is 8. The third-order valence-corrected chi connectivity index (χ3v) is 3.96. The average Bonchev–Trinajstić information content (AvgIpc) is 3.17. The second kappa shape index (κ2) is 9.00. The molecule has 2 aromatic carbocycles. The predicted molar refractivity (Wildman–Crippen MR) is 102 cm³/mol. The molecule has 0 bridgehead atoms. The van der Waals surface area contributed by atoms with Gasteiger partial charge in [0, 0.05) is 18.4 Å². The van der Waals surface area contributed by atoms with Crippen LogP contribution >= 0.6 is 0 Å². The van der Waals surface area contributed by atoms with E-state index in [1.54, 1.807) is 18.0 Å². The molecule has 3 aromatic rings. The van der Waals surface area contributed by atoms with Gasteiger partial charge in [0.05, 0.1) is 19.4 Å². The number of carbonyl (C=O) groups is 1. The van der Waals surface area contributed by atoms with E-state index in [9.17, 15) is 4.79 Å². The molecule has 3 rings (SSSR count). The number of ether oxygens (including phenoxy) is 3. The summed E-state index contributed by atoms with van der Waals surface area (Å²) in [6.07, 6.45) is 1.69. The van der Waals surface area contributed by atoms with E-state index in [-0.39, 0.29) is 6.61 Å². The topological polar surface area (TPSA) is 62.6 Å². The quantitative estimate of drug-likeness (QED) is 0.449. The molecule has 0 saturated carbocycles. The third-order valence-electron chi connectivity index (χ3n) is 3.96. The highest BCUT2D eigenvalue weighted by molar-refractivity contribution is 5.96. The Labute approximate surface area is 158 Å². The van der Waals surface area contributed by atoms with Crippen LogP contribution in [0, 0.1) is 0 Å². The molecule has 1 heterocycles. The molecule has 1 aromatic heterocycles. The fourth-order valence-electron chi connectivity index (χ4n) is 2.64. The lowest BCUT2D eigenvalue weighted by atomic mass is 10.1. The first-order valence-corrected chi connectivity index (χ1v) is 8.77. The normalized spacial score (nSPS) is 10.6. The van der Waals surface area contributed by atoms with E-state index in [0.717, 1.165) is 11.3 Å². The van der Waals surface area contributed by atoms with Crippen molar-refractivity contribution in [3.05, 3.63) is 66.4 Å². The fourth-order valence-corrected chi connectivity index (χ4v) is 2.64. The van der Waals surface area contributed by atoms with Crippen molar-refractivity contribution in [1.29, 1.82) is 0 Å². The van der Waals surface area contributed by atoms with Gasteiger partial charge in [-0.3, -0.25) is 0 Å². The van der Waals surface area contributed by atoms with Crippen LogP contribution in [0.3, 0.4) is 0 Å². The highest BCUT2D eigenvalue weighted by atomic mass is 16.6. The van der Waals surface area contributed by atoms with Gasteiger partial charge in [0.2, 0.25) is 0 Å². The third kappa shape index (κ3) is 4.54. The van der Waals surface area contributed by atoms with Gasteiger partial charge in [0.15, 0.2) is 0 Å².